The Morgan fingerprint density at radius 1 is 1.47 bits per heavy atom. The van der Waals surface area contributed by atoms with Crippen molar-refractivity contribution in [2.75, 3.05) is 0 Å². The Bertz CT molecular complexity index is 384. The second-order valence-corrected chi connectivity index (χ2v) is 3.54. The minimum absolute atomic E-state index is 0.0989. The van der Waals surface area contributed by atoms with Crippen LogP contribution in [0.25, 0.3) is 0 Å². The Morgan fingerprint density at radius 2 is 2.07 bits per heavy atom. The molecule has 1 aliphatic rings. The highest BCUT2D eigenvalue weighted by molar-refractivity contribution is 6.40. The Kier molecular flexibility index (Phi) is 3.24. The highest BCUT2D eigenvalue weighted by atomic mass is 16.6. The molecule has 0 fully saturated rings. The maximum atomic E-state index is 10.7. The van der Waals surface area contributed by atoms with Gasteiger partial charge in [0.25, 0.3) is 5.70 Å². The summed E-state index contributed by atoms with van der Waals surface area (Å²) in [5.74, 6) is 0. The van der Waals surface area contributed by atoms with Crippen LogP contribution in [-0.2, 0) is 4.79 Å². The lowest BCUT2D eigenvalue weighted by Crippen LogP contribution is -2.07. The van der Waals surface area contributed by atoms with Crippen LogP contribution in [0.3, 0.4) is 0 Å². The van der Waals surface area contributed by atoms with E-state index in [9.17, 15) is 14.9 Å². The number of hydrogen-bond acceptors (Lipinski definition) is 3. The van der Waals surface area contributed by atoms with Crippen LogP contribution in [0.5, 0.6) is 0 Å². The van der Waals surface area contributed by atoms with Gasteiger partial charge in [0, 0.05) is 6.08 Å². The van der Waals surface area contributed by atoms with Crippen LogP contribution in [-0.4, -0.2) is 18.5 Å². The summed E-state index contributed by atoms with van der Waals surface area (Å²) in [6.45, 7) is 3.78. The number of rotatable bonds is 3. The molecule has 0 saturated carbocycles. The first-order chi connectivity index (χ1) is 7.02. The van der Waals surface area contributed by atoms with E-state index in [0.717, 1.165) is 0 Å². The minimum atomic E-state index is -0.550. The van der Waals surface area contributed by atoms with Crippen LogP contribution in [0.15, 0.2) is 35.6 Å². The monoisotopic (exact) mass is 204 g/mol. The van der Waals surface area contributed by atoms with Crippen LogP contribution < -0.4 is 0 Å². The standard InChI is InChI=1S/C10H11BNO3/c1-10(11-2)5-3-8(7-13)9(4-6-10)12(14)15/h3-7H,1-2H3. The molecule has 1 atom stereocenters. The molecule has 0 bridgehead atoms. The average Bonchev–Trinajstić information content (AvgIpc) is 2.38. The normalized spacial score (nSPS) is 24.9. The van der Waals surface area contributed by atoms with Gasteiger partial charge in [-0.2, -0.15) is 0 Å². The number of nitrogens with zero attached hydrogens (tertiary/aromatic N) is 1. The summed E-state index contributed by atoms with van der Waals surface area (Å²) < 4.78 is 0. The molecule has 1 radical (unpaired) electrons. The van der Waals surface area contributed by atoms with Crippen molar-refractivity contribution in [1.29, 1.82) is 0 Å². The van der Waals surface area contributed by atoms with Gasteiger partial charge in [0.05, 0.1) is 10.5 Å². The van der Waals surface area contributed by atoms with Gasteiger partial charge in [-0.3, -0.25) is 14.9 Å². The zero-order chi connectivity index (χ0) is 11.5. The maximum Gasteiger partial charge on any atom is 0.279 e. The molecular weight excluding hydrogens is 193 g/mol. The first-order valence-electron chi connectivity index (χ1n) is 4.55. The van der Waals surface area contributed by atoms with Crippen molar-refractivity contribution in [3.05, 3.63) is 45.7 Å². The summed E-state index contributed by atoms with van der Waals surface area (Å²) in [4.78, 5) is 20.8. The molecule has 0 aliphatic heterocycles. The predicted octanol–water partition coefficient (Wildman–Crippen LogP) is 1.77. The zero-order valence-electron chi connectivity index (χ0n) is 8.64. The molecule has 1 rings (SSSR count). The number of aldehydes is 1. The van der Waals surface area contributed by atoms with Crippen LogP contribution in [0, 0.1) is 10.1 Å². The van der Waals surface area contributed by atoms with Crippen molar-refractivity contribution in [1.82, 2.24) is 0 Å². The average molecular weight is 204 g/mol. The number of nitro groups is 1. The largest absolute Gasteiger partial charge is 0.298 e. The van der Waals surface area contributed by atoms with Gasteiger partial charge in [0.2, 0.25) is 0 Å². The Balaban J connectivity index is 3.20. The van der Waals surface area contributed by atoms with Gasteiger partial charge in [-0.25, -0.2) is 0 Å². The highest BCUT2D eigenvalue weighted by Crippen LogP contribution is 2.31. The van der Waals surface area contributed by atoms with E-state index >= 15 is 0 Å². The molecule has 0 spiro atoms. The molecule has 0 heterocycles. The van der Waals surface area contributed by atoms with Gasteiger partial charge < -0.3 is 0 Å². The van der Waals surface area contributed by atoms with E-state index < -0.39 is 4.92 Å². The number of hydrogen-bond donors (Lipinski definition) is 0. The predicted molar refractivity (Wildman–Crippen MR) is 58.3 cm³/mol. The molecule has 0 aromatic rings. The van der Waals surface area contributed by atoms with E-state index in [4.69, 9.17) is 0 Å². The van der Waals surface area contributed by atoms with Gasteiger partial charge in [-0.15, -0.1) is 0 Å². The molecule has 0 aromatic carbocycles. The minimum Gasteiger partial charge on any atom is -0.298 e. The van der Waals surface area contributed by atoms with E-state index in [1.165, 1.54) is 12.2 Å². The third-order valence-electron chi connectivity index (χ3n) is 2.46. The van der Waals surface area contributed by atoms with Crippen molar-refractivity contribution < 1.29 is 9.72 Å². The van der Waals surface area contributed by atoms with Crippen LogP contribution in [0.1, 0.15) is 6.92 Å². The second-order valence-electron chi connectivity index (χ2n) is 3.54. The van der Waals surface area contributed by atoms with Gasteiger partial charge >= 0.3 is 0 Å². The van der Waals surface area contributed by atoms with Gasteiger partial charge in [0.15, 0.2) is 6.29 Å². The van der Waals surface area contributed by atoms with Crippen molar-refractivity contribution >= 4 is 13.6 Å². The van der Waals surface area contributed by atoms with Crippen LogP contribution in [0.4, 0.5) is 0 Å². The van der Waals surface area contributed by atoms with E-state index in [-0.39, 0.29) is 16.6 Å². The lowest BCUT2D eigenvalue weighted by atomic mass is 9.55. The maximum absolute atomic E-state index is 10.7. The highest BCUT2D eigenvalue weighted by Gasteiger charge is 2.22. The molecule has 1 unspecified atom stereocenters. The van der Waals surface area contributed by atoms with E-state index in [1.807, 2.05) is 21.0 Å². The van der Waals surface area contributed by atoms with Crippen molar-refractivity contribution in [2.24, 2.45) is 0 Å². The first kappa shape index (κ1) is 11.4. The van der Waals surface area contributed by atoms with Gasteiger partial charge in [-0.1, -0.05) is 25.9 Å². The SMILES string of the molecule is C[B]C1(C)C=CC(C=O)=C([N+](=O)[O-])C=C1. The fourth-order valence-electron chi connectivity index (χ4n) is 1.22. The van der Waals surface area contributed by atoms with E-state index in [1.54, 1.807) is 12.2 Å². The Hall–Kier alpha value is -1.65. The van der Waals surface area contributed by atoms with Crippen molar-refractivity contribution in [3.8, 4) is 0 Å². The summed E-state index contributed by atoms with van der Waals surface area (Å²) >= 11 is 0. The number of carbonyl (C=O) groups is 1. The van der Waals surface area contributed by atoms with Gasteiger partial charge in [0.1, 0.15) is 7.28 Å². The molecule has 0 aromatic heterocycles. The third-order valence-corrected chi connectivity index (χ3v) is 2.46. The summed E-state index contributed by atoms with van der Waals surface area (Å²) in [7, 11) is 1.91. The molecule has 77 valence electrons. The molecule has 0 N–H and O–H groups in total. The lowest BCUT2D eigenvalue weighted by Gasteiger charge is -2.16. The van der Waals surface area contributed by atoms with E-state index in [2.05, 4.69) is 0 Å². The topological polar surface area (TPSA) is 60.2 Å². The number of allylic oxidation sites excluding steroid dienone is 5. The quantitative estimate of drug-likeness (QED) is 0.304. The van der Waals surface area contributed by atoms with Crippen LogP contribution >= 0.6 is 0 Å². The molecule has 0 amide bonds. The molecule has 0 saturated heterocycles. The summed E-state index contributed by atoms with van der Waals surface area (Å²) in [6, 6.07) is 0. The first-order valence-corrected chi connectivity index (χ1v) is 4.55. The van der Waals surface area contributed by atoms with Gasteiger partial charge in [-0.05, 0) is 11.4 Å². The summed E-state index contributed by atoms with van der Waals surface area (Å²) in [5, 5.41) is 10.3. The molecule has 15 heavy (non-hydrogen) atoms. The van der Waals surface area contributed by atoms with Crippen molar-refractivity contribution in [2.45, 2.75) is 19.1 Å². The molecular formula is C10H11BNO3. The third kappa shape index (κ3) is 2.43. The zero-order valence-corrected chi connectivity index (χ0v) is 8.64. The fourth-order valence-corrected chi connectivity index (χ4v) is 1.22. The second kappa shape index (κ2) is 4.25. The Morgan fingerprint density at radius 3 is 2.53 bits per heavy atom. The molecule has 1 aliphatic carbocycles. The summed E-state index contributed by atoms with van der Waals surface area (Å²) in [6.07, 6.45) is 6.84. The fraction of sp³-hybridized carbons (Fsp3) is 0.300. The molecule has 4 nitrogen and oxygen atoms in total. The smallest absolute Gasteiger partial charge is 0.279 e. The molecule has 5 heteroatoms. The lowest BCUT2D eigenvalue weighted by molar-refractivity contribution is -0.419. The Labute approximate surface area is 88.8 Å². The summed E-state index contributed by atoms with van der Waals surface area (Å²) in [5.41, 5.74) is -0.0614. The number of carbonyl (C=O) groups excluding carboxylic acids is 1. The van der Waals surface area contributed by atoms with Crippen molar-refractivity contribution in [3.63, 3.8) is 0 Å². The van der Waals surface area contributed by atoms with E-state index in [0.29, 0.717) is 6.29 Å². The van der Waals surface area contributed by atoms with Crippen LogP contribution in [0.2, 0.25) is 12.1 Å².